The van der Waals surface area contributed by atoms with E-state index >= 15 is 0 Å². The summed E-state index contributed by atoms with van der Waals surface area (Å²) in [6.45, 7) is 11.2. The third-order valence-electron chi connectivity index (χ3n) is 5.15. The van der Waals surface area contributed by atoms with Gasteiger partial charge in [0.2, 0.25) is 5.91 Å². The van der Waals surface area contributed by atoms with Crippen molar-refractivity contribution in [1.29, 1.82) is 0 Å². The summed E-state index contributed by atoms with van der Waals surface area (Å²) < 4.78 is 0. The van der Waals surface area contributed by atoms with E-state index in [2.05, 4.69) is 37.5 Å². The molecule has 0 aromatic rings. The number of hydrogen-bond acceptors (Lipinski definition) is 2. The molecule has 1 saturated carbocycles. The molecule has 3 heterocycles. The van der Waals surface area contributed by atoms with Crippen LogP contribution in [-0.4, -0.2) is 46.9 Å². The van der Waals surface area contributed by atoms with E-state index in [0.717, 1.165) is 25.9 Å². The van der Waals surface area contributed by atoms with E-state index in [4.69, 9.17) is 0 Å². The van der Waals surface area contributed by atoms with Crippen LogP contribution in [0.3, 0.4) is 0 Å². The fraction of sp³-hybridized carbons (Fsp3) is 0.933. The van der Waals surface area contributed by atoms with Crippen LogP contribution in [0.1, 0.15) is 47.0 Å². The average molecular weight is 250 g/mol. The summed E-state index contributed by atoms with van der Waals surface area (Å²) in [5.74, 6) is 0.787. The lowest BCUT2D eigenvalue weighted by atomic mass is 9.63. The zero-order valence-corrected chi connectivity index (χ0v) is 12.1. The highest BCUT2D eigenvalue weighted by molar-refractivity contribution is 5.81. The Balaban J connectivity index is 1.59. The standard InChI is InChI=1S/C15H26N2O/c1-10(2)16-8-12-5-13(9-16)17(12)14(18)11-6-15(3,4)7-11/h10-13H,5-9H2,1-4H3. The van der Waals surface area contributed by atoms with Gasteiger partial charge < -0.3 is 4.90 Å². The molecule has 3 aliphatic heterocycles. The van der Waals surface area contributed by atoms with Crippen molar-refractivity contribution in [3.05, 3.63) is 0 Å². The number of hydrogen-bond donors (Lipinski definition) is 0. The number of carbonyl (C=O) groups is 1. The van der Waals surface area contributed by atoms with Crippen molar-refractivity contribution < 1.29 is 4.79 Å². The Morgan fingerprint density at radius 2 is 1.72 bits per heavy atom. The Labute approximate surface area is 111 Å². The Morgan fingerprint density at radius 1 is 1.17 bits per heavy atom. The maximum absolute atomic E-state index is 12.5. The molecule has 102 valence electrons. The number of nitrogens with zero attached hydrogens (tertiary/aromatic N) is 2. The lowest BCUT2D eigenvalue weighted by Crippen LogP contribution is -2.72. The smallest absolute Gasteiger partial charge is 0.226 e. The van der Waals surface area contributed by atoms with Crippen LogP contribution in [0, 0.1) is 11.3 Å². The van der Waals surface area contributed by atoms with Gasteiger partial charge in [0.15, 0.2) is 0 Å². The lowest BCUT2D eigenvalue weighted by molar-refractivity contribution is -0.166. The summed E-state index contributed by atoms with van der Waals surface area (Å²) >= 11 is 0. The van der Waals surface area contributed by atoms with E-state index in [1.165, 1.54) is 6.42 Å². The van der Waals surface area contributed by atoms with E-state index in [9.17, 15) is 4.79 Å². The second kappa shape index (κ2) is 3.96. The summed E-state index contributed by atoms with van der Waals surface area (Å²) in [5.41, 5.74) is 0.407. The van der Waals surface area contributed by atoms with Crippen LogP contribution in [0.2, 0.25) is 0 Å². The molecule has 3 saturated heterocycles. The Morgan fingerprint density at radius 3 is 2.17 bits per heavy atom. The van der Waals surface area contributed by atoms with Gasteiger partial charge in [-0.05, 0) is 38.5 Å². The molecular formula is C15H26N2O. The quantitative estimate of drug-likeness (QED) is 0.749. The third-order valence-corrected chi connectivity index (χ3v) is 5.15. The van der Waals surface area contributed by atoms with Crippen molar-refractivity contribution in [2.24, 2.45) is 11.3 Å². The van der Waals surface area contributed by atoms with E-state index in [0.29, 0.717) is 35.4 Å². The van der Waals surface area contributed by atoms with Gasteiger partial charge in [0.1, 0.15) is 0 Å². The van der Waals surface area contributed by atoms with E-state index in [1.54, 1.807) is 0 Å². The predicted molar refractivity (Wildman–Crippen MR) is 72.3 cm³/mol. The SMILES string of the molecule is CC(C)N1CC2CC(C1)N2C(=O)C1CC(C)(C)C1. The van der Waals surface area contributed by atoms with Gasteiger partial charge in [-0.2, -0.15) is 0 Å². The van der Waals surface area contributed by atoms with Crippen LogP contribution in [-0.2, 0) is 4.79 Å². The van der Waals surface area contributed by atoms with Gasteiger partial charge in [-0.1, -0.05) is 13.8 Å². The molecule has 4 aliphatic rings. The number of fused-ring (bicyclic) bond motifs is 2. The van der Waals surface area contributed by atoms with Gasteiger partial charge in [-0.3, -0.25) is 9.69 Å². The van der Waals surface area contributed by atoms with Crippen LogP contribution in [0.15, 0.2) is 0 Å². The summed E-state index contributed by atoms with van der Waals surface area (Å²) in [7, 11) is 0. The molecule has 18 heavy (non-hydrogen) atoms. The molecule has 4 fully saturated rings. The maximum atomic E-state index is 12.5. The first-order valence-electron chi connectivity index (χ1n) is 7.43. The fourth-order valence-corrected chi connectivity index (χ4v) is 4.08. The Hall–Kier alpha value is -0.570. The van der Waals surface area contributed by atoms with Crippen LogP contribution < -0.4 is 0 Å². The summed E-state index contributed by atoms with van der Waals surface area (Å²) in [5, 5.41) is 0. The number of piperazine rings is 1. The van der Waals surface area contributed by atoms with Crippen LogP contribution in [0.25, 0.3) is 0 Å². The highest BCUT2D eigenvalue weighted by Crippen LogP contribution is 2.47. The zero-order valence-electron chi connectivity index (χ0n) is 12.1. The first-order chi connectivity index (χ1) is 8.37. The molecule has 2 unspecified atom stereocenters. The largest absolute Gasteiger partial charge is 0.334 e. The molecule has 3 nitrogen and oxygen atoms in total. The molecule has 1 aliphatic carbocycles. The minimum atomic E-state index is 0.330. The van der Waals surface area contributed by atoms with Crippen molar-refractivity contribution in [3.8, 4) is 0 Å². The first-order valence-corrected chi connectivity index (χ1v) is 7.43. The van der Waals surface area contributed by atoms with Crippen LogP contribution in [0.4, 0.5) is 0 Å². The monoisotopic (exact) mass is 250 g/mol. The number of amides is 1. The molecular weight excluding hydrogens is 224 g/mol. The van der Waals surface area contributed by atoms with Gasteiger partial charge in [0, 0.05) is 37.1 Å². The van der Waals surface area contributed by atoms with Gasteiger partial charge in [-0.25, -0.2) is 0 Å². The Bertz CT molecular complexity index is 344. The van der Waals surface area contributed by atoms with Crippen LogP contribution >= 0.6 is 0 Å². The third kappa shape index (κ3) is 1.87. The second-order valence-electron chi connectivity index (χ2n) is 7.61. The second-order valence-corrected chi connectivity index (χ2v) is 7.61. The highest BCUT2D eigenvalue weighted by atomic mass is 16.2. The zero-order chi connectivity index (χ0) is 13.1. The summed E-state index contributed by atoms with van der Waals surface area (Å²) in [6, 6.07) is 1.65. The van der Waals surface area contributed by atoms with Crippen molar-refractivity contribution in [2.45, 2.75) is 65.1 Å². The topological polar surface area (TPSA) is 23.6 Å². The molecule has 0 aromatic heterocycles. The minimum Gasteiger partial charge on any atom is -0.334 e. The number of carbonyl (C=O) groups excluding carboxylic acids is 1. The number of piperidine rings is 1. The highest BCUT2D eigenvalue weighted by Gasteiger charge is 2.51. The van der Waals surface area contributed by atoms with Gasteiger partial charge in [-0.15, -0.1) is 0 Å². The van der Waals surface area contributed by atoms with Crippen molar-refractivity contribution in [3.63, 3.8) is 0 Å². The molecule has 0 N–H and O–H groups in total. The molecule has 4 rings (SSSR count). The van der Waals surface area contributed by atoms with Crippen molar-refractivity contribution >= 4 is 5.91 Å². The van der Waals surface area contributed by atoms with Crippen LogP contribution in [0.5, 0.6) is 0 Å². The average Bonchev–Trinajstić information content (AvgIpc) is 2.25. The van der Waals surface area contributed by atoms with Crippen molar-refractivity contribution in [1.82, 2.24) is 9.80 Å². The summed E-state index contributed by atoms with van der Waals surface area (Å²) in [4.78, 5) is 17.2. The lowest BCUT2D eigenvalue weighted by Gasteiger charge is -2.59. The maximum Gasteiger partial charge on any atom is 0.226 e. The van der Waals surface area contributed by atoms with Gasteiger partial charge in [0.05, 0.1) is 0 Å². The Kier molecular flexibility index (Phi) is 2.74. The molecule has 0 aromatic carbocycles. The van der Waals surface area contributed by atoms with Gasteiger partial charge in [0.25, 0.3) is 0 Å². The molecule has 0 spiro atoms. The minimum absolute atomic E-state index is 0.330. The fourth-order valence-electron chi connectivity index (χ4n) is 4.08. The van der Waals surface area contributed by atoms with E-state index < -0.39 is 0 Å². The molecule has 0 radical (unpaired) electrons. The first kappa shape index (κ1) is 12.5. The predicted octanol–water partition coefficient (Wildman–Crippen LogP) is 2.12. The summed E-state index contributed by atoms with van der Waals surface area (Å²) in [6.07, 6.45) is 3.43. The number of rotatable bonds is 2. The van der Waals surface area contributed by atoms with E-state index in [-0.39, 0.29) is 0 Å². The molecule has 2 atom stereocenters. The van der Waals surface area contributed by atoms with Crippen molar-refractivity contribution in [2.75, 3.05) is 13.1 Å². The molecule has 3 heteroatoms. The molecule has 1 amide bonds. The molecule has 2 bridgehead atoms. The van der Waals surface area contributed by atoms with Gasteiger partial charge >= 0.3 is 0 Å². The normalized spacial score (nSPS) is 35.3. The van der Waals surface area contributed by atoms with E-state index in [1.807, 2.05) is 0 Å².